The number of terminal acetylenes is 1. The first-order valence-electron chi connectivity index (χ1n) is 7.32. The highest BCUT2D eigenvalue weighted by atomic mass is 16.5. The van der Waals surface area contributed by atoms with Gasteiger partial charge in [0, 0.05) is 18.5 Å². The zero-order valence-corrected chi connectivity index (χ0v) is 12.9. The Balaban J connectivity index is 2.24. The highest BCUT2D eigenvalue weighted by molar-refractivity contribution is 5.80. The van der Waals surface area contributed by atoms with E-state index in [9.17, 15) is 0 Å². The topological polar surface area (TPSA) is 45.7 Å². The maximum atomic E-state index is 6.04. The molecule has 112 valence electrons. The number of benzene rings is 1. The van der Waals surface area contributed by atoms with Gasteiger partial charge >= 0.3 is 0 Å². The van der Waals surface area contributed by atoms with E-state index in [-0.39, 0.29) is 11.6 Å². The molecule has 0 spiro atoms. The van der Waals surface area contributed by atoms with Crippen molar-refractivity contribution in [2.45, 2.75) is 38.8 Å². The predicted octanol–water partition coefficient (Wildman–Crippen LogP) is 2.48. The molecule has 0 aliphatic carbocycles. The number of ether oxygens (including phenoxy) is 1. The van der Waals surface area contributed by atoms with Crippen LogP contribution in [0.5, 0.6) is 5.75 Å². The monoisotopic (exact) mass is 285 g/mol. The van der Waals surface area contributed by atoms with Gasteiger partial charge in [0.15, 0.2) is 5.96 Å². The average molecular weight is 285 g/mol. The summed E-state index contributed by atoms with van der Waals surface area (Å²) in [5.74, 6) is 4.21. The summed E-state index contributed by atoms with van der Waals surface area (Å²) < 4.78 is 6.04. The zero-order valence-electron chi connectivity index (χ0n) is 12.9. The lowest BCUT2D eigenvalue weighted by Gasteiger charge is -2.38. The summed E-state index contributed by atoms with van der Waals surface area (Å²) in [6.45, 7) is 7.40. The number of fused-ring (bicyclic) bond motifs is 1. The van der Waals surface area contributed by atoms with Crippen molar-refractivity contribution >= 4 is 5.96 Å². The third-order valence-electron chi connectivity index (χ3n) is 3.36. The van der Waals surface area contributed by atoms with Crippen LogP contribution in [0.4, 0.5) is 0 Å². The maximum Gasteiger partial charge on any atom is 0.192 e. The third kappa shape index (κ3) is 3.91. The highest BCUT2D eigenvalue weighted by Crippen LogP contribution is 2.39. The minimum Gasteiger partial charge on any atom is -0.487 e. The smallest absolute Gasteiger partial charge is 0.192 e. The maximum absolute atomic E-state index is 6.04. The summed E-state index contributed by atoms with van der Waals surface area (Å²) in [5.41, 5.74) is 0.943. The first-order valence-corrected chi connectivity index (χ1v) is 7.32. The van der Waals surface area contributed by atoms with Crippen molar-refractivity contribution in [3.63, 3.8) is 0 Å². The van der Waals surface area contributed by atoms with E-state index in [0.29, 0.717) is 6.54 Å². The molecule has 4 heteroatoms. The lowest BCUT2D eigenvalue weighted by atomic mass is 9.90. The molecule has 1 aromatic carbocycles. The van der Waals surface area contributed by atoms with Gasteiger partial charge < -0.3 is 15.4 Å². The number of guanidine groups is 1. The number of aliphatic imine (C=N–C) groups is 1. The number of hydrogen-bond acceptors (Lipinski definition) is 2. The number of hydrogen-bond donors (Lipinski definition) is 2. The molecule has 2 N–H and O–H groups in total. The molecule has 0 radical (unpaired) electrons. The molecule has 1 aromatic rings. The minimum absolute atomic E-state index is 0.153. The van der Waals surface area contributed by atoms with Gasteiger partial charge in [-0.25, -0.2) is 4.99 Å². The first-order chi connectivity index (χ1) is 10.1. The predicted molar refractivity (Wildman–Crippen MR) is 86.5 cm³/mol. The van der Waals surface area contributed by atoms with E-state index >= 15 is 0 Å². The molecule has 0 fully saturated rings. The lowest BCUT2D eigenvalue weighted by molar-refractivity contribution is 0.0694. The van der Waals surface area contributed by atoms with Gasteiger partial charge in [0.25, 0.3) is 0 Å². The Morgan fingerprint density at radius 1 is 1.48 bits per heavy atom. The molecule has 4 nitrogen and oxygen atoms in total. The minimum atomic E-state index is -0.213. The van der Waals surface area contributed by atoms with Gasteiger partial charge in [0.05, 0.1) is 6.04 Å². The van der Waals surface area contributed by atoms with Gasteiger partial charge in [-0.05, 0) is 26.8 Å². The molecule has 1 aliphatic heterocycles. The van der Waals surface area contributed by atoms with Crippen LogP contribution in [0.3, 0.4) is 0 Å². The molecular formula is C17H23N3O. The van der Waals surface area contributed by atoms with Crippen molar-refractivity contribution in [3.05, 3.63) is 29.8 Å². The zero-order chi connectivity index (χ0) is 15.3. The van der Waals surface area contributed by atoms with E-state index in [1.807, 2.05) is 25.1 Å². The van der Waals surface area contributed by atoms with Crippen LogP contribution in [0.25, 0.3) is 0 Å². The summed E-state index contributed by atoms with van der Waals surface area (Å²) in [4.78, 5) is 4.36. The molecule has 0 bridgehead atoms. The molecule has 21 heavy (non-hydrogen) atoms. The van der Waals surface area contributed by atoms with Crippen LogP contribution < -0.4 is 15.4 Å². The van der Waals surface area contributed by atoms with E-state index in [0.717, 1.165) is 30.2 Å². The summed E-state index contributed by atoms with van der Waals surface area (Å²) in [5, 5.41) is 6.69. The average Bonchev–Trinajstić information content (AvgIpc) is 2.43. The second-order valence-corrected chi connectivity index (χ2v) is 5.70. The van der Waals surface area contributed by atoms with E-state index < -0.39 is 0 Å². The quantitative estimate of drug-likeness (QED) is 0.509. The van der Waals surface area contributed by atoms with Gasteiger partial charge in [0.2, 0.25) is 0 Å². The van der Waals surface area contributed by atoms with Crippen molar-refractivity contribution < 1.29 is 4.74 Å². The number of rotatable bonds is 3. The van der Waals surface area contributed by atoms with Crippen molar-refractivity contribution in [1.82, 2.24) is 10.6 Å². The van der Waals surface area contributed by atoms with Crippen LogP contribution in [0.2, 0.25) is 0 Å². The normalized spacial score (nSPS) is 19.9. The molecule has 0 amide bonds. The fraction of sp³-hybridized carbons (Fsp3) is 0.471. The Morgan fingerprint density at radius 2 is 2.24 bits per heavy atom. The summed E-state index contributed by atoms with van der Waals surface area (Å²) >= 11 is 0. The standard InChI is InChI=1S/C17H23N3O/c1-5-11-19-16(18-6-2)20-14-12-17(3,4)21-15-10-8-7-9-13(14)15/h1,7-10,14H,6,11-12H2,2-4H3,(H2,18,19,20). The van der Waals surface area contributed by atoms with Crippen molar-refractivity contribution in [2.75, 3.05) is 13.1 Å². The number of nitrogens with zero attached hydrogens (tertiary/aromatic N) is 1. The Bertz CT molecular complexity index is 557. The Morgan fingerprint density at radius 3 is 2.95 bits per heavy atom. The Labute approximate surface area is 127 Å². The molecule has 2 rings (SSSR count). The van der Waals surface area contributed by atoms with E-state index in [4.69, 9.17) is 11.2 Å². The van der Waals surface area contributed by atoms with Crippen molar-refractivity contribution in [1.29, 1.82) is 0 Å². The number of para-hydroxylation sites is 1. The first kappa shape index (κ1) is 15.2. The van der Waals surface area contributed by atoms with Crippen LogP contribution in [0.1, 0.15) is 38.8 Å². The second kappa shape index (κ2) is 6.53. The molecule has 1 aliphatic rings. The Kier molecular flexibility index (Phi) is 4.74. The summed E-state index contributed by atoms with van der Waals surface area (Å²) in [6, 6.07) is 8.28. The van der Waals surface area contributed by atoms with Gasteiger partial charge in [0.1, 0.15) is 17.9 Å². The van der Waals surface area contributed by atoms with Gasteiger partial charge in [-0.2, -0.15) is 0 Å². The Hall–Kier alpha value is -2.15. The van der Waals surface area contributed by atoms with Crippen molar-refractivity contribution in [2.24, 2.45) is 4.99 Å². The molecule has 0 saturated carbocycles. The van der Waals surface area contributed by atoms with Gasteiger partial charge in [-0.1, -0.05) is 24.1 Å². The van der Waals surface area contributed by atoms with Crippen molar-refractivity contribution in [3.8, 4) is 18.1 Å². The molecule has 0 saturated heterocycles. The molecule has 1 atom stereocenters. The fourth-order valence-corrected chi connectivity index (χ4v) is 2.54. The largest absolute Gasteiger partial charge is 0.487 e. The number of nitrogens with one attached hydrogen (secondary N) is 2. The van der Waals surface area contributed by atoms with E-state index in [1.165, 1.54) is 0 Å². The fourth-order valence-electron chi connectivity index (χ4n) is 2.54. The van der Waals surface area contributed by atoms with E-state index in [1.54, 1.807) is 0 Å². The van der Waals surface area contributed by atoms with Crippen LogP contribution in [0, 0.1) is 12.3 Å². The molecule has 1 heterocycles. The van der Waals surface area contributed by atoms with Crippen LogP contribution >= 0.6 is 0 Å². The van der Waals surface area contributed by atoms with Gasteiger partial charge in [-0.3, -0.25) is 0 Å². The molecular weight excluding hydrogens is 262 g/mol. The van der Waals surface area contributed by atoms with Crippen LogP contribution in [-0.4, -0.2) is 24.7 Å². The van der Waals surface area contributed by atoms with E-state index in [2.05, 4.69) is 41.5 Å². The van der Waals surface area contributed by atoms with Crippen LogP contribution in [-0.2, 0) is 0 Å². The van der Waals surface area contributed by atoms with Gasteiger partial charge in [-0.15, -0.1) is 6.42 Å². The third-order valence-corrected chi connectivity index (χ3v) is 3.36. The molecule has 0 aromatic heterocycles. The van der Waals surface area contributed by atoms with Crippen LogP contribution in [0.15, 0.2) is 29.3 Å². The SMILES string of the molecule is C#CCN=C(NCC)NC1CC(C)(C)Oc2ccccc21. The summed E-state index contributed by atoms with van der Waals surface area (Å²) in [6.07, 6.45) is 6.16. The second-order valence-electron chi connectivity index (χ2n) is 5.70. The lowest BCUT2D eigenvalue weighted by Crippen LogP contribution is -2.45. The summed E-state index contributed by atoms with van der Waals surface area (Å²) in [7, 11) is 0. The highest BCUT2D eigenvalue weighted by Gasteiger charge is 2.33. The molecule has 1 unspecified atom stereocenters.